The fraction of sp³-hybridized carbons (Fsp3) is 0.720. The van der Waals surface area contributed by atoms with Crippen molar-refractivity contribution in [2.24, 2.45) is 44.6 Å². The van der Waals surface area contributed by atoms with Gasteiger partial charge in [0.2, 0.25) is 23.6 Å². The summed E-state index contributed by atoms with van der Waals surface area (Å²) in [6.45, 7) is 3.06. The smallest absolute Gasteiger partial charge is 0.326 e. The van der Waals surface area contributed by atoms with Gasteiger partial charge in [-0.05, 0) is 44.4 Å². The van der Waals surface area contributed by atoms with Crippen molar-refractivity contribution in [3.05, 3.63) is 0 Å². The Morgan fingerprint density at radius 3 is 1.98 bits per heavy atom. The van der Waals surface area contributed by atoms with Gasteiger partial charge in [0.15, 0.2) is 11.9 Å². The number of carboxylic acids is 1. The molecule has 0 aromatic carbocycles. The van der Waals surface area contributed by atoms with E-state index in [1.54, 1.807) is 13.8 Å². The van der Waals surface area contributed by atoms with Crippen LogP contribution in [0.25, 0.3) is 0 Å². The van der Waals surface area contributed by atoms with Crippen LogP contribution in [0.1, 0.15) is 52.4 Å². The molecule has 0 radical (unpaired) electrons. The van der Waals surface area contributed by atoms with Crippen LogP contribution in [0.2, 0.25) is 0 Å². The molecule has 1 saturated heterocycles. The standard InChI is InChI=1S/C25H47N11O7/c1-13(2)18(23(42)43)35-20(39)16(12-37)34-21(40)17-8-5-11-36(17)22(41)15(7-4-10-32-25(29)30)33-19(38)14(26)6-3-9-31-24(27)28/h13-18,37H,3-12,26H2,1-2H3,(H,33,38)(H,34,40)(H,35,39)(H,42,43)(H4,27,28,31)(H4,29,30,32)/t14-,15-,16-,17-,18-/m0/s1. The third kappa shape index (κ3) is 12.7. The number of guanidine groups is 2. The van der Waals surface area contributed by atoms with Crippen LogP contribution in [-0.4, -0.2) is 113 Å². The van der Waals surface area contributed by atoms with Gasteiger partial charge in [-0.15, -0.1) is 0 Å². The minimum atomic E-state index is -1.45. The summed E-state index contributed by atoms with van der Waals surface area (Å²) >= 11 is 0. The number of hydrogen-bond acceptors (Lipinski definition) is 9. The lowest BCUT2D eigenvalue weighted by atomic mass is 10.0. The van der Waals surface area contributed by atoms with E-state index >= 15 is 0 Å². The van der Waals surface area contributed by atoms with E-state index in [1.807, 2.05) is 0 Å². The Balaban J connectivity index is 3.00. The maximum absolute atomic E-state index is 13.6. The first kappa shape index (κ1) is 36.8. The van der Waals surface area contributed by atoms with Crippen molar-refractivity contribution in [2.75, 3.05) is 26.2 Å². The molecule has 0 aromatic rings. The van der Waals surface area contributed by atoms with E-state index in [1.165, 1.54) is 4.90 Å². The van der Waals surface area contributed by atoms with E-state index < -0.39 is 72.3 Å². The molecule has 1 aliphatic heterocycles. The Morgan fingerprint density at radius 1 is 0.884 bits per heavy atom. The van der Waals surface area contributed by atoms with E-state index in [9.17, 15) is 34.2 Å². The molecule has 1 rings (SSSR count). The molecule has 5 atom stereocenters. The molecular weight excluding hydrogens is 566 g/mol. The average molecular weight is 614 g/mol. The van der Waals surface area contributed by atoms with Crippen molar-refractivity contribution >= 4 is 41.5 Å². The first-order chi connectivity index (χ1) is 20.2. The van der Waals surface area contributed by atoms with Crippen LogP contribution in [0.3, 0.4) is 0 Å². The normalized spacial score (nSPS) is 17.2. The fourth-order valence-electron chi connectivity index (χ4n) is 4.42. The van der Waals surface area contributed by atoms with Gasteiger partial charge in [0.05, 0.1) is 12.6 Å². The lowest BCUT2D eigenvalue weighted by Gasteiger charge is -2.30. The van der Waals surface area contributed by atoms with Crippen LogP contribution < -0.4 is 44.6 Å². The Morgan fingerprint density at radius 2 is 1.47 bits per heavy atom. The van der Waals surface area contributed by atoms with E-state index in [4.69, 9.17) is 28.7 Å². The first-order valence-corrected chi connectivity index (χ1v) is 14.1. The molecule has 18 heteroatoms. The highest BCUT2D eigenvalue weighted by Gasteiger charge is 2.39. The van der Waals surface area contributed by atoms with Crippen LogP contribution in [0.15, 0.2) is 9.98 Å². The van der Waals surface area contributed by atoms with E-state index in [2.05, 4.69) is 25.9 Å². The SMILES string of the molecule is CC(C)[C@H](NC(=O)[C@H](CO)NC(=O)[C@@H]1CCCN1C(=O)[C@H](CCCN=C(N)N)NC(=O)[C@@H](N)CCCN=C(N)N)C(=O)O. The molecule has 1 aliphatic rings. The lowest BCUT2D eigenvalue weighted by molar-refractivity contribution is -0.144. The third-order valence-corrected chi connectivity index (χ3v) is 6.75. The number of likely N-dealkylation sites (tertiary alicyclic amines) is 1. The minimum absolute atomic E-state index is 0.0837. The summed E-state index contributed by atoms with van der Waals surface area (Å²) in [6.07, 6.45) is 1.87. The number of aliphatic imine (C=N–C) groups is 2. The highest BCUT2D eigenvalue weighted by atomic mass is 16.4. The fourth-order valence-corrected chi connectivity index (χ4v) is 4.42. The van der Waals surface area contributed by atoms with Crippen molar-refractivity contribution < 1.29 is 34.2 Å². The number of hydrogen-bond donors (Lipinski definition) is 10. The molecule has 0 unspecified atom stereocenters. The van der Waals surface area contributed by atoms with Gasteiger partial charge in [-0.2, -0.15) is 0 Å². The van der Waals surface area contributed by atoms with Gasteiger partial charge >= 0.3 is 5.97 Å². The summed E-state index contributed by atoms with van der Waals surface area (Å²) in [5, 5.41) is 26.5. The monoisotopic (exact) mass is 613 g/mol. The van der Waals surface area contributed by atoms with Crippen LogP contribution >= 0.6 is 0 Å². The number of nitrogens with one attached hydrogen (secondary N) is 3. The van der Waals surface area contributed by atoms with Gasteiger partial charge in [-0.1, -0.05) is 13.8 Å². The topological polar surface area (TPSA) is 320 Å². The number of carbonyl (C=O) groups excluding carboxylic acids is 4. The number of rotatable bonds is 18. The van der Waals surface area contributed by atoms with Crippen LogP contribution in [0, 0.1) is 5.92 Å². The molecule has 0 bridgehead atoms. The number of carboxylic acid groups (broad SMARTS) is 1. The van der Waals surface area contributed by atoms with Crippen molar-refractivity contribution in [1.29, 1.82) is 0 Å². The molecule has 0 aliphatic carbocycles. The van der Waals surface area contributed by atoms with Crippen LogP contribution in [0.5, 0.6) is 0 Å². The van der Waals surface area contributed by atoms with Crippen LogP contribution in [-0.2, 0) is 24.0 Å². The second kappa shape index (κ2) is 18.4. The largest absolute Gasteiger partial charge is 0.480 e. The van der Waals surface area contributed by atoms with Crippen molar-refractivity contribution in [1.82, 2.24) is 20.9 Å². The molecule has 43 heavy (non-hydrogen) atoms. The van der Waals surface area contributed by atoms with Crippen molar-refractivity contribution in [3.8, 4) is 0 Å². The Hall–Kier alpha value is -4.19. The first-order valence-electron chi connectivity index (χ1n) is 14.1. The number of aliphatic hydroxyl groups is 1. The molecule has 0 spiro atoms. The summed E-state index contributed by atoms with van der Waals surface area (Å²) in [4.78, 5) is 72.8. The molecule has 1 fully saturated rings. The zero-order valence-electron chi connectivity index (χ0n) is 24.7. The van der Waals surface area contributed by atoms with E-state index in [-0.39, 0.29) is 50.8 Å². The predicted octanol–water partition coefficient (Wildman–Crippen LogP) is -4.40. The Bertz CT molecular complexity index is 1030. The summed E-state index contributed by atoms with van der Waals surface area (Å²) in [5.74, 6) is -4.65. The number of nitrogens with zero attached hydrogens (tertiary/aromatic N) is 3. The minimum Gasteiger partial charge on any atom is -0.480 e. The number of aliphatic hydroxyl groups excluding tert-OH is 1. The highest BCUT2D eigenvalue weighted by molar-refractivity contribution is 5.95. The average Bonchev–Trinajstić information content (AvgIpc) is 3.43. The number of amides is 4. The second-order valence-electron chi connectivity index (χ2n) is 10.6. The van der Waals surface area contributed by atoms with Crippen molar-refractivity contribution in [2.45, 2.75) is 82.6 Å². The summed E-state index contributed by atoms with van der Waals surface area (Å²) in [7, 11) is 0. The number of carbonyl (C=O) groups is 5. The molecule has 4 amide bonds. The molecule has 0 aromatic heterocycles. The summed E-state index contributed by atoms with van der Waals surface area (Å²) in [6, 6.07) is -5.69. The Kier molecular flexibility index (Phi) is 15.7. The van der Waals surface area contributed by atoms with Gasteiger partial charge in [0.25, 0.3) is 0 Å². The lowest BCUT2D eigenvalue weighted by Crippen LogP contribution is -2.59. The van der Waals surface area contributed by atoms with Crippen molar-refractivity contribution in [3.63, 3.8) is 0 Å². The Labute approximate surface area is 250 Å². The van der Waals surface area contributed by atoms with Gasteiger partial charge in [0, 0.05) is 19.6 Å². The number of nitrogens with two attached hydrogens (primary N) is 5. The molecule has 244 valence electrons. The maximum atomic E-state index is 13.6. The zero-order valence-corrected chi connectivity index (χ0v) is 24.7. The molecule has 1 heterocycles. The van der Waals surface area contributed by atoms with E-state index in [0.29, 0.717) is 19.3 Å². The predicted molar refractivity (Wildman–Crippen MR) is 158 cm³/mol. The second-order valence-corrected chi connectivity index (χ2v) is 10.6. The summed E-state index contributed by atoms with van der Waals surface area (Å²) in [5.41, 5.74) is 27.3. The van der Waals surface area contributed by atoms with Gasteiger partial charge in [-0.3, -0.25) is 29.2 Å². The van der Waals surface area contributed by atoms with Gasteiger partial charge in [0.1, 0.15) is 24.2 Å². The van der Waals surface area contributed by atoms with Gasteiger partial charge in [-0.25, -0.2) is 4.79 Å². The third-order valence-electron chi connectivity index (χ3n) is 6.75. The zero-order chi connectivity index (χ0) is 32.7. The molecule has 18 nitrogen and oxygen atoms in total. The van der Waals surface area contributed by atoms with Crippen LogP contribution in [0.4, 0.5) is 0 Å². The molecule has 0 saturated carbocycles. The molecular formula is C25H47N11O7. The highest BCUT2D eigenvalue weighted by Crippen LogP contribution is 2.20. The maximum Gasteiger partial charge on any atom is 0.326 e. The summed E-state index contributed by atoms with van der Waals surface area (Å²) < 4.78 is 0. The molecule has 15 N–H and O–H groups in total. The van der Waals surface area contributed by atoms with Gasteiger partial charge < -0.3 is 59.7 Å². The quantitative estimate of drug-likeness (QED) is 0.0398. The number of aliphatic carboxylic acids is 1. The van der Waals surface area contributed by atoms with E-state index in [0.717, 1.165) is 0 Å².